The van der Waals surface area contributed by atoms with Crippen LogP contribution in [0.15, 0.2) is 24.5 Å². The molecule has 2 aliphatic heterocycles. The molecule has 0 radical (unpaired) electrons. The number of amides is 2. The number of rotatable bonds is 3. The Morgan fingerprint density at radius 1 is 1.19 bits per heavy atom. The van der Waals surface area contributed by atoms with E-state index in [2.05, 4.69) is 4.90 Å². The van der Waals surface area contributed by atoms with Gasteiger partial charge in [-0.2, -0.15) is 4.73 Å². The first-order chi connectivity index (χ1) is 13.1. The molecule has 1 atom stereocenters. The molecule has 27 heavy (non-hydrogen) atoms. The third-order valence-corrected chi connectivity index (χ3v) is 6.69. The number of aromatic nitrogens is 1. The number of hydrogen-bond donors (Lipinski definition) is 0. The van der Waals surface area contributed by atoms with Crippen LogP contribution in [0.5, 0.6) is 0 Å². The summed E-state index contributed by atoms with van der Waals surface area (Å²) < 4.78 is 0.650. The lowest BCUT2D eigenvalue weighted by Gasteiger charge is -2.41. The summed E-state index contributed by atoms with van der Waals surface area (Å²) in [5.41, 5.74) is -0.0167. The second-order valence-corrected chi connectivity index (χ2v) is 8.57. The number of nitrogens with zero attached hydrogens (tertiary/aromatic N) is 3. The van der Waals surface area contributed by atoms with E-state index in [0.717, 1.165) is 32.4 Å². The van der Waals surface area contributed by atoms with Gasteiger partial charge < -0.3 is 15.0 Å². The average Bonchev–Trinajstić information content (AvgIpc) is 3.11. The van der Waals surface area contributed by atoms with Gasteiger partial charge in [0.1, 0.15) is 5.56 Å². The van der Waals surface area contributed by atoms with Gasteiger partial charge in [-0.15, -0.1) is 0 Å². The van der Waals surface area contributed by atoms with Crippen molar-refractivity contribution in [3.63, 3.8) is 0 Å². The van der Waals surface area contributed by atoms with Crippen LogP contribution in [0, 0.1) is 16.5 Å². The highest BCUT2D eigenvalue weighted by molar-refractivity contribution is 5.95. The van der Waals surface area contributed by atoms with Gasteiger partial charge in [-0.1, -0.05) is 19.3 Å². The third-order valence-electron chi connectivity index (χ3n) is 6.69. The third kappa shape index (κ3) is 3.66. The van der Waals surface area contributed by atoms with Gasteiger partial charge in [0.05, 0.1) is 5.41 Å². The van der Waals surface area contributed by atoms with Gasteiger partial charge in [-0.3, -0.25) is 9.59 Å². The molecule has 1 aliphatic carbocycles. The molecule has 1 aromatic rings. The van der Waals surface area contributed by atoms with Crippen molar-refractivity contribution in [2.24, 2.45) is 11.3 Å². The molecule has 6 nitrogen and oxygen atoms in total. The highest BCUT2D eigenvalue weighted by Gasteiger charge is 2.49. The first-order valence-electron chi connectivity index (χ1n) is 10.3. The van der Waals surface area contributed by atoms with Crippen molar-refractivity contribution in [2.45, 2.75) is 51.4 Å². The Morgan fingerprint density at radius 3 is 2.78 bits per heavy atom. The minimum atomic E-state index is -0.412. The Balaban J connectivity index is 1.43. The maximum absolute atomic E-state index is 13.3. The van der Waals surface area contributed by atoms with E-state index in [4.69, 9.17) is 0 Å². The second kappa shape index (κ2) is 7.49. The number of carbonyl (C=O) groups excluding carboxylic acids is 2. The van der Waals surface area contributed by atoms with Crippen molar-refractivity contribution in [3.05, 3.63) is 35.3 Å². The molecule has 0 bridgehead atoms. The zero-order chi connectivity index (χ0) is 18.9. The Morgan fingerprint density at radius 2 is 2.00 bits per heavy atom. The smallest absolute Gasteiger partial charge is 0.260 e. The van der Waals surface area contributed by atoms with Crippen LogP contribution in [0.3, 0.4) is 0 Å². The standard InChI is InChI=1S/C21H29N3O3/c25-19(18-8-4-12-24(27)15-18)23-13-10-21(16-23)9-5-11-22(20(21)26)14-17-6-2-1-3-7-17/h4,8,12,15,17H,1-3,5-7,9-11,13-14,16H2/t21-/m0/s1. The Kier molecular flexibility index (Phi) is 5.06. The Labute approximate surface area is 160 Å². The molecule has 0 N–H and O–H groups in total. The summed E-state index contributed by atoms with van der Waals surface area (Å²) in [7, 11) is 0. The van der Waals surface area contributed by atoms with Gasteiger partial charge in [0.15, 0.2) is 12.4 Å². The highest BCUT2D eigenvalue weighted by atomic mass is 16.5. The molecule has 0 unspecified atom stereocenters. The first kappa shape index (κ1) is 18.3. The van der Waals surface area contributed by atoms with Crippen molar-refractivity contribution >= 4 is 11.8 Å². The summed E-state index contributed by atoms with van der Waals surface area (Å²) in [6, 6.07) is 3.25. The number of likely N-dealkylation sites (tertiary alicyclic amines) is 2. The predicted octanol–water partition coefficient (Wildman–Crippen LogP) is 2.36. The number of carbonyl (C=O) groups is 2. The summed E-state index contributed by atoms with van der Waals surface area (Å²) in [5.74, 6) is 0.754. The molecule has 1 aromatic heterocycles. The van der Waals surface area contributed by atoms with Crippen LogP contribution in [-0.4, -0.2) is 47.8 Å². The molecule has 3 aliphatic rings. The minimum absolute atomic E-state index is 0.144. The molecule has 146 valence electrons. The maximum Gasteiger partial charge on any atom is 0.260 e. The van der Waals surface area contributed by atoms with Gasteiger partial charge >= 0.3 is 0 Å². The fourth-order valence-electron chi connectivity index (χ4n) is 5.20. The molecule has 3 fully saturated rings. The maximum atomic E-state index is 13.3. The lowest BCUT2D eigenvalue weighted by molar-refractivity contribution is -0.605. The van der Waals surface area contributed by atoms with Gasteiger partial charge in [0, 0.05) is 32.2 Å². The number of pyridine rings is 1. The predicted molar refractivity (Wildman–Crippen MR) is 101 cm³/mol. The molecule has 2 saturated heterocycles. The lowest BCUT2D eigenvalue weighted by atomic mass is 9.77. The van der Waals surface area contributed by atoms with Crippen LogP contribution in [0.25, 0.3) is 0 Å². The molecular formula is C21H29N3O3. The van der Waals surface area contributed by atoms with Crippen LogP contribution in [0.2, 0.25) is 0 Å². The van der Waals surface area contributed by atoms with Crippen molar-refractivity contribution in [1.29, 1.82) is 0 Å². The molecule has 1 spiro atoms. The van der Waals surface area contributed by atoms with Crippen molar-refractivity contribution in [2.75, 3.05) is 26.2 Å². The summed E-state index contributed by atoms with van der Waals surface area (Å²) in [6.45, 7) is 2.83. The Bertz CT molecular complexity index is 716. The summed E-state index contributed by atoms with van der Waals surface area (Å²) in [6.07, 6.45) is 11.7. The minimum Gasteiger partial charge on any atom is -0.619 e. The monoisotopic (exact) mass is 371 g/mol. The first-order valence-corrected chi connectivity index (χ1v) is 10.3. The molecule has 3 heterocycles. The van der Waals surface area contributed by atoms with E-state index < -0.39 is 5.41 Å². The van der Waals surface area contributed by atoms with E-state index in [9.17, 15) is 14.8 Å². The molecule has 6 heteroatoms. The quantitative estimate of drug-likeness (QED) is 0.605. The van der Waals surface area contributed by atoms with Crippen molar-refractivity contribution < 1.29 is 14.3 Å². The fourth-order valence-corrected chi connectivity index (χ4v) is 5.20. The normalized spacial score (nSPS) is 26.7. The molecule has 4 rings (SSSR count). The van der Waals surface area contributed by atoms with Gasteiger partial charge in [-0.25, -0.2) is 0 Å². The summed E-state index contributed by atoms with van der Waals surface area (Å²) in [5, 5.41) is 11.5. The van der Waals surface area contributed by atoms with Gasteiger partial charge in [0.25, 0.3) is 5.91 Å². The number of hydrogen-bond acceptors (Lipinski definition) is 3. The largest absolute Gasteiger partial charge is 0.619 e. The SMILES string of the molecule is O=C(c1ccc[n+]([O-])c1)N1CC[C@@]2(CCCN(CC3CCCCC3)C2=O)C1. The topological polar surface area (TPSA) is 67.6 Å². The zero-order valence-electron chi connectivity index (χ0n) is 15.9. The summed E-state index contributed by atoms with van der Waals surface area (Å²) >= 11 is 0. The summed E-state index contributed by atoms with van der Waals surface area (Å²) in [4.78, 5) is 29.9. The average molecular weight is 371 g/mol. The van der Waals surface area contributed by atoms with Gasteiger partial charge in [-0.05, 0) is 44.1 Å². The van der Waals surface area contributed by atoms with Crippen LogP contribution in [0.4, 0.5) is 0 Å². The van der Waals surface area contributed by atoms with E-state index >= 15 is 0 Å². The zero-order valence-corrected chi connectivity index (χ0v) is 15.9. The van der Waals surface area contributed by atoms with E-state index in [0.29, 0.717) is 29.3 Å². The van der Waals surface area contributed by atoms with Crippen LogP contribution in [-0.2, 0) is 4.79 Å². The second-order valence-electron chi connectivity index (χ2n) is 8.57. The molecule has 0 aromatic carbocycles. The highest BCUT2D eigenvalue weighted by Crippen LogP contribution is 2.41. The number of piperidine rings is 1. The van der Waals surface area contributed by atoms with Crippen LogP contribution < -0.4 is 4.73 Å². The van der Waals surface area contributed by atoms with Gasteiger partial charge in [0.2, 0.25) is 5.91 Å². The molecule has 2 amide bonds. The van der Waals surface area contributed by atoms with Crippen molar-refractivity contribution in [3.8, 4) is 0 Å². The Hall–Kier alpha value is -2.11. The molecular weight excluding hydrogens is 342 g/mol. The lowest BCUT2D eigenvalue weighted by Crippen LogP contribution is -2.51. The fraction of sp³-hybridized carbons (Fsp3) is 0.667. The van der Waals surface area contributed by atoms with Crippen LogP contribution in [0.1, 0.15) is 61.7 Å². The van der Waals surface area contributed by atoms with E-state index in [1.807, 2.05) is 0 Å². The molecule has 1 saturated carbocycles. The van der Waals surface area contributed by atoms with E-state index in [1.165, 1.54) is 44.5 Å². The van der Waals surface area contributed by atoms with Crippen molar-refractivity contribution in [1.82, 2.24) is 9.80 Å². The van der Waals surface area contributed by atoms with Crippen LogP contribution >= 0.6 is 0 Å². The van der Waals surface area contributed by atoms with E-state index in [-0.39, 0.29) is 11.8 Å². The van der Waals surface area contributed by atoms with E-state index in [1.54, 1.807) is 17.0 Å².